The average molecular weight is 334 g/mol. The number of rotatable bonds is 5. The van der Waals surface area contributed by atoms with Gasteiger partial charge in [-0.1, -0.05) is 32.9 Å². The lowest BCUT2D eigenvalue weighted by Gasteiger charge is -2.26. The molecule has 0 unspecified atom stereocenters. The van der Waals surface area contributed by atoms with E-state index in [9.17, 15) is 9.90 Å². The number of hydrogen-bond donors (Lipinski definition) is 3. The lowest BCUT2D eigenvalue weighted by molar-refractivity contribution is 0.117. The molecule has 1 aliphatic rings. The van der Waals surface area contributed by atoms with Crippen molar-refractivity contribution in [3.63, 3.8) is 0 Å². The summed E-state index contributed by atoms with van der Waals surface area (Å²) in [6, 6.07) is 8.07. The molecule has 1 saturated carbocycles. The van der Waals surface area contributed by atoms with Crippen molar-refractivity contribution in [2.45, 2.75) is 64.0 Å². The third kappa shape index (κ3) is 6.04. The number of hydrogen-bond acceptors (Lipinski definition) is 3. The van der Waals surface area contributed by atoms with Crippen LogP contribution < -0.4 is 15.4 Å². The lowest BCUT2D eigenvalue weighted by atomic mass is 9.87. The van der Waals surface area contributed by atoms with Gasteiger partial charge in [-0.05, 0) is 48.8 Å². The zero-order valence-corrected chi connectivity index (χ0v) is 15.0. The van der Waals surface area contributed by atoms with E-state index in [1.165, 1.54) is 5.56 Å². The standard InChI is InChI=1S/C19H30N2O3/c1-19(2,3)14-5-4-6-17(13-14)24-12-11-20-18(23)21-15-7-9-16(22)10-8-15/h4-6,13,15-16,22H,7-12H2,1-3H3,(H2,20,21,23). The molecule has 5 nitrogen and oxygen atoms in total. The molecule has 1 aliphatic carbocycles. The summed E-state index contributed by atoms with van der Waals surface area (Å²) in [6.07, 6.45) is 2.99. The Morgan fingerprint density at radius 2 is 1.96 bits per heavy atom. The van der Waals surface area contributed by atoms with Crippen LogP contribution in [0.25, 0.3) is 0 Å². The van der Waals surface area contributed by atoms with Crippen molar-refractivity contribution in [2.24, 2.45) is 0 Å². The van der Waals surface area contributed by atoms with E-state index in [4.69, 9.17) is 4.74 Å². The molecule has 1 aromatic rings. The molecule has 0 heterocycles. The minimum Gasteiger partial charge on any atom is -0.492 e. The molecule has 134 valence electrons. The fourth-order valence-corrected chi connectivity index (χ4v) is 2.84. The van der Waals surface area contributed by atoms with E-state index in [2.05, 4.69) is 37.5 Å². The van der Waals surface area contributed by atoms with Crippen LogP contribution in [0.4, 0.5) is 4.79 Å². The molecule has 1 aromatic carbocycles. The van der Waals surface area contributed by atoms with Crippen LogP contribution in [0.3, 0.4) is 0 Å². The molecule has 0 bridgehead atoms. The number of aliphatic hydroxyl groups excluding tert-OH is 1. The van der Waals surface area contributed by atoms with Gasteiger partial charge >= 0.3 is 6.03 Å². The second-order valence-electron chi connectivity index (χ2n) is 7.53. The van der Waals surface area contributed by atoms with Gasteiger partial charge in [0, 0.05) is 6.04 Å². The molecule has 0 spiro atoms. The molecule has 0 aliphatic heterocycles. The van der Waals surface area contributed by atoms with Crippen molar-refractivity contribution in [1.29, 1.82) is 0 Å². The molecule has 2 amide bonds. The average Bonchev–Trinajstić information content (AvgIpc) is 2.53. The van der Waals surface area contributed by atoms with Gasteiger partial charge in [-0.15, -0.1) is 0 Å². The van der Waals surface area contributed by atoms with Gasteiger partial charge in [0.05, 0.1) is 12.6 Å². The highest BCUT2D eigenvalue weighted by Crippen LogP contribution is 2.25. The van der Waals surface area contributed by atoms with Crippen molar-refractivity contribution < 1.29 is 14.6 Å². The van der Waals surface area contributed by atoms with Crippen LogP contribution in [0.1, 0.15) is 52.0 Å². The normalized spacial score (nSPS) is 21.2. The molecule has 24 heavy (non-hydrogen) atoms. The fraction of sp³-hybridized carbons (Fsp3) is 0.632. The number of benzene rings is 1. The van der Waals surface area contributed by atoms with Crippen LogP contribution >= 0.6 is 0 Å². The Morgan fingerprint density at radius 1 is 1.25 bits per heavy atom. The molecule has 2 rings (SSSR count). The van der Waals surface area contributed by atoms with Gasteiger partial charge in [0.25, 0.3) is 0 Å². The highest BCUT2D eigenvalue weighted by Gasteiger charge is 2.20. The van der Waals surface area contributed by atoms with Crippen LogP contribution in [0.2, 0.25) is 0 Å². The van der Waals surface area contributed by atoms with Crippen LogP contribution in [-0.2, 0) is 5.41 Å². The maximum atomic E-state index is 11.8. The van der Waals surface area contributed by atoms with Gasteiger partial charge in [0.1, 0.15) is 12.4 Å². The third-order valence-electron chi connectivity index (χ3n) is 4.39. The highest BCUT2D eigenvalue weighted by molar-refractivity contribution is 5.74. The predicted octanol–water partition coefficient (Wildman–Crippen LogP) is 2.97. The summed E-state index contributed by atoms with van der Waals surface area (Å²) >= 11 is 0. The Balaban J connectivity index is 1.66. The van der Waals surface area contributed by atoms with Crippen LogP contribution in [-0.4, -0.2) is 36.4 Å². The van der Waals surface area contributed by atoms with Gasteiger partial charge in [-0.3, -0.25) is 0 Å². The number of amides is 2. The fourth-order valence-electron chi connectivity index (χ4n) is 2.84. The maximum absolute atomic E-state index is 11.8. The second-order valence-corrected chi connectivity index (χ2v) is 7.53. The first-order chi connectivity index (χ1) is 11.3. The van der Waals surface area contributed by atoms with E-state index in [0.29, 0.717) is 13.2 Å². The number of carbonyl (C=O) groups is 1. The largest absolute Gasteiger partial charge is 0.492 e. The Bertz CT molecular complexity index is 532. The molecule has 5 heteroatoms. The number of aliphatic hydroxyl groups is 1. The van der Waals surface area contributed by atoms with E-state index < -0.39 is 0 Å². The highest BCUT2D eigenvalue weighted by atomic mass is 16.5. The van der Waals surface area contributed by atoms with Crippen LogP contribution in [0.15, 0.2) is 24.3 Å². The summed E-state index contributed by atoms with van der Waals surface area (Å²) in [5, 5.41) is 15.2. The predicted molar refractivity (Wildman–Crippen MR) is 95.4 cm³/mol. The van der Waals surface area contributed by atoms with Crippen molar-refractivity contribution >= 4 is 6.03 Å². The first kappa shape index (κ1) is 18.6. The Labute approximate surface area is 144 Å². The molecule has 0 radical (unpaired) electrons. The number of urea groups is 1. The zero-order valence-electron chi connectivity index (χ0n) is 15.0. The molecule has 3 N–H and O–H groups in total. The van der Waals surface area contributed by atoms with Gasteiger partial charge in [0.15, 0.2) is 0 Å². The number of nitrogens with one attached hydrogen (secondary N) is 2. The maximum Gasteiger partial charge on any atom is 0.315 e. The number of carbonyl (C=O) groups excluding carboxylic acids is 1. The summed E-state index contributed by atoms with van der Waals surface area (Å²) in [7, 11) is 0. The SMILES string of the molecule is CC(C)(C)c1cccc(OCCNC(=O)NC2CCC(O)CC2)c1. The summed E-state index contributed by atoms with van der Waals surface area (Å²) in [4.78, 5) is 11.8. The van der Waals surface area contributed by atoms with Gasteiger partial charge in [0.2, 0.25) is 0 Å². The van der Waals surface area contributed by atoms with E-state index in [-0.39, 0.29) is 23.6 Å². The van der Waals surface area contributed by atoms with Crippen molar-refractivity contribution in [3.05, 3.63) is 29.8 Å². The quantitative estimate of drug-likeness (QED) is 0.725. The second kappa shape index (κ2) is 8.38. The Kier molecular flexibility index (Phi) is 6.49. The van der Waals surface area contributed by atoms with E-state index >= 15 is 0 Å². The molecular weight excluding hydrogens is 304 g/mol. The molecule has 0 saturated heterocycles. The van der Waals surface area contributed by atoms with Gasteiger partial charge < -0.3 is 20.5 Å². The van der Waals surface area contributed by atoms with E-state index in [0.717, 1.165) is 31.4 Å². The first-order valence-corrected chi connectivity index (χ1v) is 8.80. The van der Waals surface area contributed by atoms with Crippen LogP contribution in [0.5, 0.6) is 5.75 Å². The Hall–Kier alpha value is -1.75. The van der Waals surface area contributed by atoms with Crippen molar-refractivity contribution in [1.82, 2.24) is 10.6 Å². The third-order valence-corrected chi connectivity index (χ3v) is 4.39. The summed E-state index contributed by atoms with van der Waals surface area (Å²) < 4.78 is 5.72. The summed E-state index contributed by atoms with van der Waals surface area (Å²) in [5.41, 5.74) is 1.32. The summed E-state index contributed by atoms with van der Waals surface area (Å²) in [5.74, 6) is 0.825. The Morgan fingerprint density at radius 3 is 2.62 bits per heavy atom. The zero-order chi connectivity index (χ0) is 17.6. The van der Waals surface area contributed by atoms with E-state index in [1.807, 2.05) is 18.2 Å². The van der Waals surface area contributed by atoms with Gasteiger partial charge in [-0.2, -0.15) is 0 Å². The monoisotopic (exact) mass is 334 g/mol. The topological polar surface area (TPSA) is 70.6 Å². The number of ether oxygens (including phenoxy) is 1. The minimum absolute atomic E-state index is 0.0884. The first-order valence-electron chi connectivity index (χ1n) is 8.80. The van der Waals surface area contributed by atoms with E-state index in [1.54, 1.807) is 0 Å². The summed E-state index contributed by atoms with van der Waals surface area (Å²) in [6.45, 7) is 7.40. The van der Waals surface area contributed by atoms with Crippen LogP contribution in [0, 0.1) is 0 Å². The molecule has 0 aromatic heterocycles. The molecule has 0 atom stereocenters. The van der Waals surface area contributed by atoms with Crippen molar-refractivity contribution in [2.75, 3.05) is 13.2 Å². The minimum atomic E-state index is -0.205. The van der Waals surface area contributed by atoms with Crippen molar-refractivity contribution in [3.8, 4) is 5.75 Å². The lowest BCUT2D eigenvalue weighted by Crippen LogP contribution is -2.45. The smallest absolute Gasteiger partial charge is 0.315 e. The van der Waals surface area contributed by atoms with Gasteiger partial charge in [-0.25, -0.2) is 4.79 Å². The molecule has 1 fully saturated rings. The molecular formula is C19H30N2O3.